The summed E-state index contributed by atoms with van der Waals surface area (Å²) in [7, 11) is 1.36. The zero-order valence-corrected chi connectivity index (χ0v) is 21.9. The van der Waals surface area contributed by atoms with Crippen LogP contribution in [0.5, 0.6) is 17.2 Å². The minimum absolute atomic E-state index is 0.0753. The average molecular weight is 534 g/mol. The normalized spacial score (nSPS) is 11.1. The van der Waals surface area contributed by atoms with E-state index in [-0.39, 0.29) is 5.75 Å². The van der Waals surface area contributed by atoms with Gasteiger partial charge in [0.15, 0.2) is 0 Å². The first-order chi connectivity index (χ1) is 19.0. The Kier molecular flexibility index (Phi) is 6.43. The van der Waals surface area contributed by atoms with E-state index in [2.05, 4.69) is 4.57 Å². The highest BCUT2D eigenvalue weighted by Gasteiger charge is 2.22. The number of nitrogens with zero attached hydrogens (tertiary/aromatic N) is 1. The van der Waals surface area contributed by atoms with Crippen LogP contribution in [0.4, 0.5) is 0 Å². The summed E-state index contributed by atoms with van der Waals surface area (Å²) in [4.78, 5) is 12.8. The quantitative estimate of drug-likeness (QED) is 0.218. The second-order valence-electron chi connectivity index (χ2n) is 9.20. The molecule has 0 saturated heterocycles. The molecule has 6 rings (SSSR count). The summed E-state index contributed by atoms with van der Waals surface area (Å²) in [6, 6.07) is 34.2. The number of hydrogen-bond acceptors (Lipinski definition) is 4. The van der Waals surface area contributed by atoms with E-state index in [4.69, 9.17) is 21.1 Å². The maximum absolute atomic E-state index is 12.8. The number of para-hydroxylation sites is 2. The van der Waals surface area contributed by atoms with Gasteiger partial charge < -0.3 is 19.1 Å². The van der Waals surface area contributed by atoms with Crippen molar-refractivity contribution < 1.29 is 19.4 Å². The molecule has 39 heavy (non-hydrogen) atoms. The van der Waals surface area contributed by atoms with Gasteiger partial charge in [-0.3, -0.25) is 0 Å². The molecular weight excluding hydrogens is 510 g/mol. The number of phenols is 1. The number of benzene rings is 5. The predicted molar refractivity (Wildman–Crippen MR) is 155 cm³/mol. The molecule has 0 fully saturated rings. The Bertz CT molecular complexity index is 1830. The summed E-state index contributed by atoms with van der Waals surface area (Å²) in [5, 5.41) is 13.2. The van der Waals surface area contributed by atoms with Crippen LogP contribution in [0.25, 0.3) is 32.9 Å². The number of phenolic OH excluding ortho intramolecular Hbond substituents is 1. The number of carbonyl (C=O) groups is 1. The van der Waals surface area contributed by atoms with E-state index in [9.17, 15) is 9.90 Å². The molecule has 0 aliphatic rings. The summed E-state index contributed by atoms with van der Waals surface area (Å²) >= 11 is 6.12. The molecule has 1 aromatic heterocycles. The lowest BCUT2D eigenvalue weighted by Crippen LogP contribution is -2.03. The van der Waals surface area contributed by atoms with E-state index >= 15 is 0 Å². The van der Waals surface area contributed by atoms with E-state index in [1.54, 1.807) is 12.1 Å². The number of fused-ring (bicyclic) bond motifs is 3. The average Bonchev–Trinajstić information content (AvgIpc) is 3.28. The lowest BCUT2D eigenvalue weighted by atomic mass is 10.0. The van der Waals surface area contributed by atoms with Gasteiger partial charge in [0, 0.05) is 16.0 Å². The van der Waals surface area contributed by atoms with E-state index in [1.807, 2.05) is 97.1 Å². The Hall–Kier alpha value is -4.74. The number of esters is 1. The molecule has 5 aromatic carbocycles. The fourth-order valence-corrected chi connectivity index (χ4v) is 5.14. The van der Waals surface area contributed by atoms with Crippen molar-refractivity contribution in [2.75, 3.05) is 7.11 Å². The highest BCUT2D eigenvalue weighted by atomic mass is 35.5. The molecule has 0 spiro atoms. The van der Waals surface area contributed by atoms with E-state index in [0.717, 1.165) is 39.2 Å². The van der Waals surface area contributed by atoms with Crippen molar-refractivity contribution in [1.29, 1.82) is 0 Å². The Morgan fingerprint density at radius 2 is 1.54 bits per heavy atom. The molecule has 0 bridgehead atoms. The van der Waals surface area contributed by atoms with Crippen molar-refractivity contribution >= 4 is 39.4 Å². The van der Waals surface area contributed by atoms with Gasteiger partial charge in [-0.05, 0) is 65.7 Å². The molecule has 1 N–H and O–H groups in total. The third-order valence-electron chi connectivity index (χ3n) is 6.83. The zero-order valence-electron chi connectivity index (χ0n) is 21.1. The highest BCUT2D eigenvalue weighted by Crippen LogP contribution is 2.41. The van der Waals surface area contributed by atoms with Crippen LogP contribution in [0, 0.1) is 0 Å². The van der Waals surface area contributed by atoms with Crippen molar-refractivity contribution in [2.24, 2.45) is 0 Å². The van der Waals surface area contributed by atoms with Crippen LogP contribution in [0.1, 0.15) is 15.9 Å². The molecule has 6 heteroatoms. The lowest BCUT2D eigenvalue weighted by molar-refractivity contribution is 0.0603. The van der Waals surface area contributed by atoms with Crippen LogP contribution in [-0.4, -0.2) is 22.8 Å². The molecule has 0 saturated carbocycles. The van der Waals surface area contributed by atoms with Crippen LogP contribution in [-0.2, 0) is 11.3 Å². The SMILES string of the molecule is COC(=O)c1cccc2c1c1c(O)cc(-c3ccc(Cl)cc3)cc1n2Cc1ccccc1Oc1ccccc1. The summed E-state index contributed by atoms with van der Waals surface area (Å²) in [6.07, 6.45) is 0. The molecule has 0 radical (unpaired) electrons. The predicted octanol–water partition coefficient (Wildman–Crippen LogP) is 8.45. The number of rotatable bonds is 6. The van der Waals surface area contributed by atoms with E-state index < -0.39 is 5.97 Å². The number of hydrogen-bond donors (Lipinski definition) is 1. The fraction of sp³-hybridized carbons (Fsp3) is 0.0606. The fourth-order valence-electron chi connectivity index (χ4n) is 5.02. The Morgan fingerprint density at radius 3 is 2.31 bits per heavy atom. The van der Waals surface area contributed by atoms with Gasteiger partial charge in [0.2, 0.25) is 0 Å². The molecule has 6 aromatic rings. The monoisotopic (exact) mass is 533 g/mol. The maximum atomic E-state index is 12.8. The molecule has 1 heterocycles. The zero-order chi connectivity index (χ0) is 26.9. The topological polar surface area (TPSA) is 60.7 Å². The number of ether oxygens (including phenoxy) is 2. The van der Waals surface area contributed by atoms with Gasteiger partial charge in [0.25, 0.3) is 0 Å². The molecule has 0 unspecified atom stereocenters. The third-order valence-corrected chi connectivity index (χ3v) is 7.08. The van der Waals surface area contributed by atoms with Crippen LogP contribution in [0.3, 0.4) is 0 Å². The largest absolute Gasteiger partial charge is 0.507 e. The number of aromatic nitrogens is 1. The Labute approximate surface area is 230 Å². The minimum atomic E-state index is -0.464. The minimum Gasteiger partial charge on any atom is -0.507 e. The standard InChI is InChI=1S/C33H24ClNO4/c1-38-33(37)26-11-7-12-27-31(26)32-28(18-23(19-29(32)36)21-14-16-24(34)17-15-21)35(27)20-22-8-5-6-13-30(22)39-25-9-3-2-4-10-25/h2-19,36H,20H2,1H3. The van der Waals surface area contributed by atoms with Crippen molar-refractivity contribution in [3.8, 4) is 28.4 Å². The molecule has 5 nitrogen and oxygen atoms in total. The molecule has 0 amide bonds. The van der Waals surface area contributed by atoms with Crippen molar-refractivity contribution in [3.05, 3.63) is 125 Å². The van der Waals surface area contributed by atoms with Gasteiger partial charge in [0.1, 0.15) is 17.2 Å². The van der Waals surface area contributed by atoms with Crippen molar-refractivity contribution in [2.45, 2.75) is 6.54 Å². The summed E-state index contributed by atoms with van der Waals surface area (Å²) in [5.74, 6) is 1.07. The lowest BCUT2D eigenvalue weighted by Gasteiger charge is -2.14. The molecule has 0 atom stereocenters. The first-order valence-corrected chi connectivity index (χ1v) is 12.8. The Balaban J connectivity index is 1.59. The number of carbonyl (C=O) groups excluding carboxylic acids is 1. The Morgan fingerprint density at radius 1 is 0.795 bits per heavy atom. The van der Waals surface area contributed by atoms with Gasteiger partial charge in [-0.1, -0.05) is 66.2 Å². The molecular formula is C33H24ClNO4. The summed E-state index contributed by atoms with van der Waals surface area (Å²) in [5.41, 5.74) is 4.65. The van der Waals surface area contributed by atoms with E-state index in [1.165, 1.54) is 7.11 Å². The highest BCUT2D eigenvalue weighted by molar-refractivity contribution is 6.30. The van der Waals surface area contributed by atoms with Crippen LogP contribution >= 0.6 is 11.6 Å². The number of methoxy groups -OCH3 is 1. The van der Waals surface area contributed by atoms with Crippen molar-refractivity contribution in [3.63, 3.8) is 0 Å². The summed E-state index contributed by atoms with van der Waals surface area (Å²) in [6.45, 7) is 0.442. The van der Waals surface area contributed by atoms with Gasteiger partial charge in [-0.15, -0.1) is 0 Å². The second-order valence-corrected chi connectivity index (χ2v) is 9.63. The number of halogens is 1. The van der Waals surface area contributed by atoms with Gasteiger partial charge in [0.05, 0.1) is 35.6 Å². The molecule has 192 valence electrons. The van der Waals surface area contributed by atoms with Gasteiger partial charge in [-0.25, -0.2) is 4.79 Å². The smallest absolute Gasteiger partial charge is 0.338 e. The molecule has 0 aliphatic carbocycles. The molecule has 0 aliphatic heterocycles. The number of aromatic hydroxyl groups is 1. The van der Waals surface area contributed by atoms with Gasteiger partial charge >= 0.3 is 5.97 Å². The first kappa shape index (κ1) is 24.6. The maximum Gasteiger partial charge on any atom is 0.338 e. The van der Waals surface area contributed by atoms with Crippen LogP contribution in [0.15, 0.2) is 109 Å². The second kappa shape index (κ2) is 10.2. The van der Waals surface area contributed by atoms with Crippen LogP contribution < -0.4 is 4.74 Å². The van der Waals surface area contributed by atoms with Crippen molar-refractivity contribution in [1.82, 2.24) is 4.57 Å². The third kappa shape index (κ3) is 4.58. The van der Waals surface area contributed by atoms with Gasteiger partial charge in [-0.2, -0.15) is 0 Å². The summed E-state index contributed by atoms with van der Waals surface area (Å²) < 4.78 is 13.4. The van der Waals surface area contributed by atoms with E-state index in [0.29, 0.717) is 27.9 Å². The van der Waals surface area contributed by atoms with Crippen LogP contribution in [0.2, 0.25) is 5.02 Å². The first-order valence-electron chi connectivity index (χ1n) is 12.5.